The Hall–Kier alpha value is -0.970. The lowest BCUT2D eigenvalue weighted by Crippen LogP contribution is -2.38. The van der Waals surface area contributed by atoms with E-state index in [1.807, 2.05) is 12.1 Å². The molecule has 1 aromatic rings. The van der Waals surface area contributed by atoms with E-state index >= 15 is 0 Å². The Morgan fingerprint density at radius 2 is 1.81 bits per heavy atom. The zero-order valence-corrected chi connectivity index (χ0v) is 14.4. The fourth-order valence-corrected chi connectivity index (χ4v) is 3.15. The van der Waals surface area contributed by atoms with Gasteiger partial charge in [-0.05, 0) is 31.5 Å². The van der Waals surface area contributed by atoms with Crippen molar-refractivity contribution in [1.82, 2.24) is 4.90 Å². The van der Waals surface area contributed by atoms with Crippen LogP contribution in [0.4, 0.5) is 0 Å². The zero-order chi connectivity index (χ0) is 16.0. The van der Waals surface area contributed by atoms with Gasteiger partial charge in [-0.2, -0.15) is 0 Å². The normalized spacial score (nSPS) is 12.8. The summed E-state index contributed by atoms with van der Waals surface area (Å²) in [6, 6.07) is 4.38. The van der Waals surface area contributed by atoms with Crippen molar-refractivity contribution in [3.8, 4) is 11.5 Å². The average Bonchev–Trinajstić information content (AvgIpc) is 2.50. The van der Waals surface area contributed by atoms with Crippen LogP contribution in [0.25, 0.3) is 0 Å². The molecule has 0 saturated carbocycles. The minimum atomic E-state index is 0.0576. The van der Waals surface area contributed by atoms with Gasteiger partial charge < -0.3 is 15.2 Å². The third-order valence-corrected chi connectivity index (χ3v) is 4.50. The molecule has 0 spiro atoms. The smallest absolute Gasteiger partial charge is 0.179 e. The van der Waals surface area contributed by atoms with Crippen LogP contribution < -0.4 is 15.2 Å². The van der Waals surface area contributed by atoms with Crippen LogP contribution in [-0.2, 0) is 0 Å². The van der Waals surface area contributed by atoms with E-state index in [0.717, 1.165) is 18.4 Å². The van der Waals surface area contributed by atoms with Crippen LogP contribution in [0.3, 0.4) is 0 Å². The molecule has 0 aliphatic carbocycles. The van der Waals surface area contributed by atoms with Gasteiger partial charge in [-0.3, -0.25) is 4.90 Å². The van der Waals surface area contributed by atoms with Gasteiger partial charge in [-0.15, -0.1) is 0 Å². The third-order valence-electron chi connectivity index (χ3n) is 4.11. The molecule has 1 atom stereocenters. The lowest BCUT2D eigenvalue weighted by atomic mass is 10.0. The predicted octanol–water partition coefficient (Wildman–Crippen LogP) is 3.48. The molecule has 5 heteroatoms. The predicted molar refractivity (Wildman–Crippen MR) is 88.5 cm³/mol. The van der Waals surface area contributed by atoms with Crippen LogP contribution in [0, 0.1) is 0 Å². The molecule has 0 amide bonds. The molecule has 1 unspecified atom stereocenters. The quantitative estimate of drug-likeness (QED) is 0.798. The van der Waals surface area contributed by atoms with Crippen LogP contribution in [0.5, 0.6) is 11.5 Å². The van der Waals surface area contributed by atoms with Gasteiger partial charge >= 0.3 is 0 Å². The van der Waals surface area contributed by atoms with Crippen molar-refractivity contribution in [3.63, 3.8) is 0 Å². The summed E-state index contributed by atoms with van der Waals surface area (Å²) in [6.45, 7) is 4.88. The summed E-state index contributed by atoms with van der Waals surface area (Å²) in [5.74, 6) is 1.19. The Kier molecular flexibility index (Phi) is 7.29. The minimum absolute atomic E-state index is 0.0576. The summed E-state index contributed by atoms with van der Waals surface area (Å²) >= 11 is 6.51. The van der Waals surface area contributed by atoms with Gasteiger partial charge in [0.15, 0.2) is 11.5 Å². The first kappa shape index (κ1) is 18.1. The van der Waals surface area contributed by atoms with Crippen molar-refractivity contribution >= 4 is 11.6 Å². The molecule has 0 aliphatic heterocycles. The van der Waals surface area contributed by atoms with E-state index in [2.05, 4.69) is 25.8 Å². The van der Waals surface area contributed by atoms with Gasteiger partial charge in [0.05, 0.1) is 19.2 Å². The first-order chi connectivity index (χ1) is 10.0. The summed E-state index contributed by atoms with van der Waals surface area (Å²) < 4.78 is 10.7. The summed E-state index contributed by atoms with van der Waals surface area (Å²) in [4.78, 5) is 2.30. The van der Waals surface area contributed by atoms with Gasteiger partial charge in [0, 0.05) is 18.6 Å². The second kappa shape index (κ2) is 8.47. The SMILES string of the molecule is CCC(CC)N(C)C(CN)c1ccc(OC)c(OC)c1Cl. The van der Waals surface area contributed by atoms with Gasteiger partial charge in [0.1, 0.15) is 0 Å². The Labute approximate surface area is 133 Å². The number of ether oxygens (including phenoxy) is 2. The maximum Gasteiger partial charge on any atom is 0.179 e. The number of benzene rings is 1. The van der Waals surface area contributed by atoms with Crippen molar-refractivity contribution in [1.29, 1.82) is 0 Å². The largest absolute Gasteiger partial charge is 0.493 e. The molecule has 4 nitrogen and oxygen atoms in total. The highest BCUT2D eigenvalue weighted by molar-refractivity contribution is 6.33. The first-order valence-electron chi connectivity index (χ1n) is 7.37. The third kappa shape index (κ3) is 3.82. The molecule has 2 N–H and O–H groups in total. The molecule has 0 saturated heterocycles. The molecule has 1 rings (SSSR count). The van der Waals surface area contributed by atoms with Crippen LogP contribution in [0.2, 0.25) is 5.02 Å². The Morgan fingerprint density at radius 1 is 1.19 bits per heavy atom. The van der Waals surface area contributed by atoms with Crippen molar-refractivity contribution < 1.29 is 9.47 Å². The molecule has 0 aromatic heterocycles. The second-order valence-corrected chi connectivity index (χ2v) is 5.47. The molecule has 21 heavy (non-hydrogen) atoms. The summed E-state index contributed by atoms with van der Waals surface area (Å²) in [7, 11) is 5.29. The maximum absolute atomic E-state index is 6.51. The number of nitrogens with two attached hydrogens (primary N) is 1. The van der Waals surface area contributed by atoms with Gasteiger partial charge in [-0.1, -0.05) is 31.5 Å². The second-order valence-electron chi connectivity index (χ2n) is 5.09. The van der Waals surface area contributed by atoms with Gasteiger partial charge in [0.2, 0.25) is 0 Å². The fraction of sp³-hybridized carbons (Fsp3) is 0.625. The summed E-state index contributed by atoms with van der Waals surface area (Å²) in [6.07, 6.45) is 2.16. The van der Waals surface area contributed by atoms with E-state index in [0.29, 0.717) is 29.1 Å². The van der Waals surface area contributed by atoms with E-state index < -0.39 is 0 Å². The van der Waals surface area contributed by atoms with E-state index in [4.69, 9.17) is 26.8 Å². The van der Waals surface area contributed by atoms with Crippen LogP contribution in [0.1, 0.15) is 38.3 Å². The molecular formula is C16H27ClN2O2. The monoisotopic (exact) mass is 314 g/mol. The van der Waals surface area contributed by atoms with Crippen molar-refractivity contribution in [2.75, 3.05) is 27.8 Å². The van der Waals surface area contributed by atoms with E-state index in [9.17, 15) is 0 Å². The molecule has 120 valence electrons. The summed E-state index contributed by atoms with van der Waals surface area (Å²) in [5.41, 5.74) is 6.99. The Bertz CT molecular complexity index is 450. The Balaban J connectivity index is 3.23. The molecule has 0 radical (unpaired) electrons. The number of methoxy groups -OCH3 is 2. The fourth-order valence-electron chi connectivity index (χ4n) is 2.79. The van der Waals surface area contributed by atoms with Gasteiger partial charge in [0.25, 0.3) is 0 Å². The molecule has 0 bridgehead atoms. The lowest BCUT2D eigenvalue weighted by molar-refractivity contribution is 0.167. The molecular weight excluding hydrogens is 288 g/mol. The van der Waals surface area contributed by atoms with Crippen LogP contribution >= 0.6 is 11.6 Å². The number of hydrogen-bond donors (Lipinski definition) is 1. The highest BCUT2D eigenvalue weighted by Crippen LogP contribution is 2.41. The molecule has 1 aromatic carbocycles. The van der Waals surface area contributed by atoms with Crippen molar-refractivity contribution in [2.45, 2.75) is 38.8 Å². The van der Waals surface area contributed by atoms with E-state index in [1.165, 1.54) is 0 Å². The van der Waals surface area contributed by atoms with Gasteiger partial charge in [-0.25, -0.2) is 0 Å². The molecule has 0 heterocycles. The highest BCUT2D eigenvalue weighted by atomic mass is 35.5. The Morgan fingerprint density at radius 3 is 2.24 bits per heavy atom. The highest BCUT2D eigenvalue weighted by Gasteiger charge is 2.25. The standard InChI is InChI=1S/C16H27ClN2O2/c1-6-11(7-2)19(3)13(10-18)12-8-9-14(20-4)16(21-5)15(12)17/h8-9,11,13H,6-7,10,18H2,1-5H3. The zero-order valence-electron chi connectivity index (χ0n) is 13.6. The van der Waals surface area contributed by atoms with E-state index in [1.54, 1.807) is 14.2 Å². The number of nitrogens with zero attached hydrogens (tertiary/aromatic N) is 1. The summed E-state index contributed by atoms with van der Waals surface area (Å²) in [5, 5.41) is 0.574. The lowest BCUT2D eigenvalue weighted by Gasteiger charge is -2.34. The number of halogens is 1. The van der Waals surface area contributed by atoms with Crippen molar-refractivity contribution in [2.24, 2.45) is 5.73 Å². The topological polar surface area (TPSA) is 47.7 Å². The first-order valence-corrected chi connectivity index (χ1v) is 7.75. The number of hydrogen-bond acceptors (Lipinski definition) is 4. The maximum atomic E-state index is 6.51. The number of likely N-dealkylation sites (N-methyl/N-ethyl adjacent to an activating group) is 1. The molecule has 0 fully saturated rings. The average molecular weight is 315 g/mol. The van der Waals surface area contributed by atoms with E-state index in [-0.39, 0.29) is 6.04 Å². The molecule has 0 aliphatic rings. The minimum Gasteiger partial charge on any atom is -0.493 e. The van der Waals surface area contributed by atoms with Crippen molar-refractivity contribution in [3.05, 3.63) is 22.7 Å². The van der Waals surface area contributed by atoms with Crippen LogP contribution in [0.15, 0.2) is 12.1 Å². The van der Waals surface area contributed by atoms with Crippen LogP contribution in [-0.4, -0.2) is 38.8 Å². The number of rotatable bonds is 8.